The number of carbonyl (C=O) groups is 1. The molecule has 0 aromatic rings. The largest absolute Gasteiger partial charge is 0.352 e. The molecule has 0 aliphatic carbocycles. The molecular weight excluding hydrogens is 138 g/mol. The van der Waals surface area contributed by atoms with E-state index in [-0.39, 0.29) is 5.91 Å². The fraction of sp³-hybridized carbons (Fsp3) is 0.444. The van der Waals surface area contributed by atoms with Crippen LogP contribution in [-0.4, -0.2) is 12.5 Å². The first-order chi connectivity index (χ1) is 5.33. The van der Waals surface area contributed by atoms with Gasteiger partial charge < -0.3 is 5.32 Å². The second-order valence-electron chi connectivity index (χ2n) is 1.96. The minimum atomic E-state index is -0.00356. The summed E-state index contributed by atoms with van der Waals surface area (Å²) in [5.74, 6) is -0.00356. The molecule has 0 spiro atoms. The van der Waals surface area contributed by atoms with Gasteiger partial charge in [0.15, 0.2) is 0 Å². The number of nitrogens with one attached hydrogen (secondary N) is 1. The third kappa shape index (κ3) is 3.61. The second-order valence-corrected chi connectivity index (χ2v) is 1.96. The average molecular weight is 153 g/mol. The van der Waals surface area contributed by atoms with Crippen molar-refractivity contribution < 1.29 is 4.79 Å². The van der Waals surface area contributed by atoms with Crippen molar-refractivity contribution in [2.75, 3.05) is 6.54 Å². The smallest absolute Gasteiger partial charge is 0.244 e. The molecule has 1 aliphatic heterocycles. The summed E-state index contributed by atoms with van der Waals surface area (Å²) < 4.78 is 0. The number of amides is 1. The standard InChI is InChI=1S/C7H9NO.C2H6/c1-2-6-3-4-8-7(9)5-6;1-2/h2,5H,1,3-4H2,(H,8,9);1-2H3. The van der Waals surface area contributed by atoms with Crippen LogP contribution >= 0.6 is 0 Å². The van der Waals surface area contributed by atoms with Gasteiger partial charge in [-0.25, -0.2) is 0 Å². The SMILES string of the molecule is C=CC1=CC(=O)NCC1.CC. The van der Waals surface area contributed by atoms with Crippen LogP contribution in [0.2, 0.25) is 0 Å². The lowest BCUT2D eigenvalue weighted by atomic mass is 10.1. The molecule has 1 amide bonds. The van der Waals surface area contributed by atoms with Gasteiger partial charge in [0.05, 0.1) is 0 Å². The lowest BCUT2D eigenvalue weighted by Crippen LogP contribution is -2.26. The zero-order valence-corrected chi connectivity index (χ0v) is 7.18. The monoisotopic (exact) mass is 153 g/mol. The van der Waals surface area contributed by atoms with Crippen LogP contribution in [0.25, 0.3) is 0 Å². The Morgan fingerprint density at radius 1 is 1.64 bits per heavy atom. The molecule has 1 rings (SSSR count). The second kappa shape index (κ2) is 5.71. The number of allylic oxidation sites excluding steroid dienone is 1. The van der Waals surface area contributed by atoms with E-state index in [1.807, 2.05) is 13.8 Å². The van der Waals surface area contributed by atoms with Crippen LogP contribution in [0.4, 0.5) is 0 Å². The maximum atomic E-state index is 10.6. The highest BCUT2D eigenvalue weighted by molar-refractivity contribution is 5.89. The van der Waals surface area contributed by atoms with Gasteiger partial charge in [0.2, 0.25) is 5.91 Å². The summed E-state index contributed by atoms with van der Waals surface area (Å²) in [4.78, 5) is 10.6. The van der Waals surface area contributed by atoms with E-state index in [1.54, 1.807) is 12.2 Å². The van der Waals surface area contributed by atoms with Crippen molar-refractivity contribution in [1.82, 2.24) is 5.32 Å². The highest BCUT2D eigenvalue weighted by atomic mass is 16.1. The topological polar surface area (TPSA) is 29.1 Å². The van der Waals surface area contributed by atoms with Gasteiger partial charge >= 0.3 is 0 Å². The molecule has 1 N–H and O–H groups in total. The minimum Gasteiger partial charge on any atom is -0.352 e. The van der Waals surface area contributed by atoms with Crippen molar-refractivity contribution in [3.05, 3.63) is 24.3 Å². The Kier molecular flexibility index (Phi) is 5.17. The molecule has 2 heteroatoms. The molecule has 1 aliphatic rings. The highest BCUT2D eigenvalue weighted by Crippen LogP contribution is 2.04. The van der Waals surface area contributed by atoms with Crippen LogP contribution in [-0.2, 0) is 4.79 Å². The van der Waals surface area contributed by atoms with E-state index < -0.39 is 0 Å². The van der Waals surface area contributed by atoms with Gasteiger partial charge in [-0.05, 0) is 12.0 Å². The third-order valence-electron chi connectivity index (χ3n) is 1.29. The quantitative estimate of drug-likeness (QED) is 0.609. The Hall–Kier alpha value is -1.05. The fourth-order valence-corrected chi connectivity index (χ4v) is 0.783. The highest BCUT2D eigenvalue weighted by Gasteiger charge is 2.04. The van der Waals surface area contributed by atoms with E-state index in [0.717, 1.165) is 18.5 Å². The van der Waals surface area contributed by atoms with Crippen LogP contribution < -0.4 is 5.32 Å². The summed E-state index contributed by atoms with van der Waals surface area (Å²) >= 11 is 0. The van der Waals surface area contributed by atoms with Crippen molar-refractivity contribution >= 4 is 5.91 Å². The van der Waals surface area contributed by atoms with Crippen LogP contribution in [0, 0.1) is 0 Å². The predicted molar refractivity (Wildman–Crippen MR) is 47.3 cm³/mol. The van der Waals surface area contributed by atoms with Gasteiger partial charge in [0, 0.05) is 12.6 Å². The molecule has 0 atom stereocenters. The molecule has 11 heavy (non-hydrogen) atoms. The Balaban J connectivity index is 0.000000461. The summed E-state index contributed by atoms with van der Waals surface area (Å²) in [6, 6.07) is 0. The van der Waals surface area contributed by atoms with Gasteiger partial charge in [-0.2, -0.15) is 0 Å². The van der Waals surface area contributed by atoms with Gasteiger partial charge in [0.25, 0.3) is 0 Å². The van der Waals surface area contributed by atoms with Crippen LogP contribution in [0.5, 0.6) is 0 Å². The van der Waals surface area contributed by atoms with E-state index in [2.05, 4.69) is 11.9 Å². The summed E-state index contributed by atoms with van der Waals surface area (Å²) in [5, 5.41) is 2.68. The first kappa shape index (κ1) is 9.95. The van der Waals surface area contributed by atoms with Crippen LogP contribution in [0.15, 0.2) is 24.3 Å². The molecule has 0 aromatic carbocycles. The number of rotatable bonds is 1. The Morgan fingerprint density at radius 2 is 2.27 bits per heavy atom. The maximum absolute atomic E-state index is 10.6. The molecule has 0 radical (unpaired) electrons. The lowest BCUT2D eigenvalue weighted by Gasteiger charge is -2.08. The van der Waals surface area contributed by atoms with Gasteiger partial charge in [-0.1, -0.05) is 26.5 Å². The van der Waals surface area contributed by atoms with Crippen molar-refractivity contribution in [2.45, 2.75) is 20.3 Å². The van der Waals surface area contributed by atoms with Gasteiger partial charge in [0.1, 0.15) is 0 Å². The van der Waals surface area contributed by atoms with E-state index in [0.29, 0.717) is 0 Å². The third-order valence-corrected chi connectivity index (χ3v) is 1.29. The van der Waals surface area contributed by atoms with Crippen LogP contribution in [0.3, 0.4) is 0 Å². The van der Waals surface area contributed by atoms with E-state index >= 15 is 0 Å². The molecular formula is C9H15NO. The first-order valence-corrected chi connectivity index (χ1v) is 3.94. The van der Waals surface area contributed by atoms with Crippen molar-refractivity contribution in [1.29, 1.82) is 0 Å². The van der Waals surface area contributed by atoms with Gasteiger partial charge in [-0.15, -0.1) is 0 Å². The number of hydrogen-bond donors (Lipinski definition) is 1. The summed E-state index contributed by atoms with van der Waals surface area (Å²) in [7, 11) is 0. The van der Waals surface area contributed by atoms with Gasteiger partial charge in [-0.3, -0.25) is 4.79 Å². The molecule has 0 bridgehead atoms. The maximum Gasteiger partial charge on any atom is 0.244 e. The Morgan fingerprint density at radius 3 is 2.64 bits per heavy atom. The van der Waals surface area contributed by atoms with Crippen molar-refractivity contribution in [3.8, 4) is 0 Å². The summed E-state index contributed by atoms with van der Waals surface area (Å²) in [6.07, 6.45) is 4.21. The molecule has 0 fully saturated rings. The van der Waals surface area contributed by atoms with Crippen molar-refractivity contribution in [3.63, 3.8) is 0 Å². The van der Waals surface area contributed by atoms with E-state index in [4.69, 9.17) is 0 Å². The van der Waals surface area contributed by atoms with E-state index in [9.17, 15) is 4.79 Å². The minimum absolute atomic E-state index is 0.00356. The summed E-state index contributed by atoms with van der Waals surface area (Å²) in [6.45, 7) is 8.32. The molecule has 1 heterocycles. The number of hydrogen-bond acceptors (Lipinski definition) is 1. The van der Waals surface area contributed by atoms with Crippen molar-refractivity contribution in [2.24, 2.45) is 0 Å². The average Bonchev–Trinajstić information content (AvgIpc) is 2.08. The molecule has 0 unspecified atom stereocenters. The molecule has 0 saturated heterocycles. The number of carbonyl (C=O) groups excluding carboxylic acids is 1. The Bertz CT molecular complexity index is 170. The fourth-order valence-electron chi connectivity index (χ4n) is 0.783. The van der Waals surface area contributed by atoms with Crippen LogP contribution in [0.1, 0.15) is 20.3 Å². The summed E-state index contributed by atoms with van der Waals surface area (Å²) in [5.41, 5.74) is 1.03. The zero-order valence-electron chi connectivity index (χ0n) is 7.18. The Labute approximate surface area is 68.0 Å². The molecule has 0 aromatic heterocycles. The van der Waals surface area contributed by atoms with E-state index in [1.165, 1.54) is 0 Å². The molecule has 62 valence electrons. The normalized spacial score (nSPS) is 15.5. The lowest BCUT2D eigenvalue weighted by molar-refractivity contribution is -0.116. The first-order valence-electron chi connectivity index (χ1n) is 3.94. The predicted octanol–water partition coefficient (Wildman–Crippen LogP) is 1.64. The zero-order chi connectivity index (χ0) is 8.69. The molecule has 0 saturated carbocycles. The molecule has 2 nitrogen and oxygen atoms in total.